The molecule has 1 N–H and O–H groups in total. The number of amides is 1. The van der Waals surface area contributed by atoms with Crippen LogP contribution in [0.4, 0.5) is 4.39 Å². The van der Waals surface area contributed by atoms with Crippen molar-refractivity contribution in [3.63, 3.8) is 0 Å². The molecular weight excluding hydrogens is 547 g/mol. The Labute approximate surface area is 208 Å². The van der Waals surface area contributed by atoms with Gasteiger partial charge >= 0.3 is 0 Å². The van der Waals surface area contributed by atoms with Crippen molar-refractivity contribution in [1.82, 2.24) is 9.62 Å². The van der Waals surface area contributed by atoms with E-state index in [1.807, 2.05) is 30.3 Å². The fourth-order valence-electron chi connectivity index (χ4n) is 3.66. The van der Waals surface area contributed by atoms with E-state index in [4.69, 9.17) is 0 Å². The van der Waals surface area contributed by atoms with Gasteiger partial charge in [0, 0.05) is 53.7 Å². The number of benzene rings is 2. The van der Waals surface area contributed by atoms with E-state index in [-0.39, 0.29) is 30.8 Å². The molecule has 11 heteroatoms. The Bertz CT molecular complexity index is 1290. The van der Waals surface area contributed by atoms with Crippen LogP contribution in [0.1, 0.15) is 19.8 Å². The molecule has 1 aliphatic rings. The second-order valence-electron chi connectivity index (χ2n) is 8.30. The van der Waals surface area contributed by atoms with E-state index < -0.39 is 37.5 Å². The number of carbonyl (C=O) groups excluding carboxylic acids is 1. The third-order valence-corrected chi connectivity index (χ3v) is 8.64. The highest BCUT2D eigenvalue weighted by Crippen LogP contribution is 2.35. The minimum atomic E-state index is -3.95. The highest BCUT2D eigenvalue weighted by atomic mass is 79.9. The van der Waals surface area contributed by atoms with E-state index >= 15 is 4.39 Å². The maximum absolute atomic E-state index is 15.4. The largest absolute Gasteiger partial charge is 0.347 e. The van der Waals surface area contributed by atoms with Gasteiger partial charge < -0.3 is 5.32 Å². The van der Waals surface area contributed by atoms with E-state index in [9.17, 15) is 21.6 Å². The number of carbonyl (C=O) groups is 1. The molecule has 1 heterocycles. The fourth-order valence-corrected chi connectivity index (χ4v) is 6.18. The van der Waals surface area contributed by atoms with Gasteiger partial charge in [-0.25, -0.2) is 21.2 Å². The van der Waals surface area contributed by atoms with Crippen LogP contribution >= 0.6 is 15.9 Å². The van der Waals surface area contributed by atoms with Crippen LogP contribution in [0.15, 0.2) is 69.4 Å². The van der Waals surface area contributed by atoms with Crippen molar-refractivity contribution in [3.8, 4) is 11.1 Å². The Hall–Kier alpha value is -2.08. The molecule has 0 radical (unpaired) electrons. The van der Waals surface area contributed by atoms with Gasteiger partial charge in [-0.3, -0.25) is 4.79 Å². The van der Waals surface area contributed by atoms with Crippen molar-refractivity contribution >= 4 is 41.7 Å². The van der Waals surface area contributed by atoms with Crippen LogP contribution in [0.5, 0.6) is 0 Å². The van der Waals surface area contributed by atoms with Gasteiger partial charge in [-0.05, 0) is 30.7 Å². The number of nitrogens with one attached hydrogen (secondary N) is 1. The van der Waals surface area contributed by atoms with E-state index in [1.165, 1.54) is 23.4 Å². The highest BCUT2D eigenvalue weighted by molar-refractivity contribution is 9.10. The van der Waals surface area contributed by atoms with Crippen LogP contribution in [0, 0.1) is 0 Å². The van der Waals surface area contributed by atoms with Crippen molar-refractivity contribution in [2.75, 3.05) is 19.3 Å². The van der Waals surface area contributed by atoms with E-state index in [1.54, 1.807) is 12.1 Å². The normalized spacial score (nSPS) is 18.0. The lowest BCUT2D eigenvalue weighted by molar-refractivity contribution is -0.135. The molecule has 1 aliphatic heterocycles. The summed E-state index contributed by atoms with van der Waals surface area (Å²) < 4.78 is 66.7. The lowest BCUT2D eigenvalue weighted by Crippen LogP contribution is -2.53. The van der Waals surface area contributed by atoms with Crippen molar-refractivity contribution < 1.29 is 26.0 Å². The number of halogens is 2. The smallest absolute Gasteiger partial charge is 0.258 e. The van der Waals surface area contributed by atoms with E-state index in [0.717, 1.165) is 21.7 Å². The van der Waals surface area contributed by atoms with Gasteiger partial charge in [0.25, 0.3) is 5.91 Å². The summed E-state index contributed by atoms with van der Waals surface area (Å²) in [6.45, 7) is 1.20. The van der Waals surface area contributed by atoms with Gasteiger partial charge in [-0.1, -0.05) is 52.3 Å². The second kappa shape index (κ2) is 10.3. The van der Waals surface area contributed by atoms with Crippen molar-refractivity contribution in [3.05, 3.63) is 64.5 Å². The van der Waals surface area contributed by atoms with Gasteiger partial charge in [0.05, 0.1) is 4.90 Å². The molecule has 184 valence electrons. The third-order valence-electron chi connectivity index (χ3n) is 5.54. The number of alkyl halides is 1. The molecule has 0 unspecified atom stereocenters. The van der Waals surface area contributed by atoms with Crippen molar-refractivity contribution in [2.24, 2.45) is 0 Å². The molecule has 2 aromatic rings. The first-order valence-corrected chi connectivity index (χ1v) is 14.7. The number of nitrogens with zero attached hydrogens (tertiary/aromatic N) is 1. The zero-order valence-electron chi connectivity index (χ0n) is 18.7. The lowest BCUT2D eigenvalue weighted by atomic mass is 9.93. The standard InChI is InChI=1S/C23H26BrFN2O5S2/c1-17(10-15-33(2,29)30)26-22(28)23(25)11-13-27(14-12-23)34(31,32)21-9-8-19(24)16-20(21)18-6-4-3-5-7-18/h3-10,15-17H,11-14H2,1-2H3,(H,26,28)/b15-10-/t17-/m1/s1. The minimum Gasteiger partial charge on any atom is -0.347 e. The van der Waals surface area contributed by atoms with Crippen molar-refractivity contribution in [1.29, 1.82) is 0 Å². The first-order chi connectivity index (χ1) is 15.8. The topological polar surface area (TPSA) is 101 Å². The molecule has 0 aliphatic carbocycles. The highest BCUT2D eigenvalue weighted by Gasteiger charge is 2.44. The summed E-state index contributed by atoms with van der Waals surface area (Å²) in [5.41, 5.74) is -0.993. The van der Waals surface area contributed by atoms with Crippen LogP contribution in [0.3, 0.4) is 0 Å². The molecule has 1 amide bonds. The maximum atomic E-state index is 15.4. The summed E-state index contributed by atoms with van der Waals surface area (Å²) in [7, 11) is -7.32. The molecule has 34 heavy (non-hydrogen) atoms. The first kappa shape index (κ1) is 26.5. The van der Waals surface area contributed by atoms with Gasteiger partial charge in [0.15, 0.2) is 15.5 Å². The van der Waals surface area contributed by atoms with E-state index in [0.29, 0.717) is 5.56 Å². The second-order valence-corrected chi connectivity index (χ2v) is 13.0. The molecule has 1 saturated heterocycles. The lowest BCUT2D eigenvalue weighted by Gasteiger charge is -2.35. The van der Waals surface area contributed by atoms with E-state index in [2.05, 4.69) is 21.2 Å². The van der Waals surface area contributed by atoms with Gasteiger partial charge in [0.2, 0.25) is 10.0 Å². The fraction of sp³-hybridized carbons (Fsp3) is 0.348. The molecule has 0 aromatic heterocycles. The molecule has 7 nitrogen and oxygen atoms in total. The number of piperidine rings is 1. The summed E-state index contributed by atoms with van der Waals surface area (Å²) in [6, 6.07) is 13.3. The SMILES string of the molecule is C[C@H](/C=C\S(C)(=O)=O)NC(=O)C1(F)CCN(S(=O)(=O)c2ccc(Br)cc2-c2ccccc2)CC1. The molecule has 1 fully saturated rings. The number of hydrogen-bond donors (Lipinski definition) is 1. The average molecular weight is 574 g/mol. The quantitative estimate of drug-likeness (QED) is 0.545. The Morgan fingerprint density at radius 1 is 1.12 bits per heavy atom. The predicted octanol–water partition coefficient (Wildman–Crippen LogP) is 3.67. The molecule has 0 bridgehead atoms. The Kier molecular flexibility index (Phi) is 8.01. The predicted molar refractivity (Wildman–Crippen MR) is 133 cm³/mol. The van der Waals surface area contributed by atoms with Crippen molar-refractivity contribution in [2.45, 2.75) is 36.4 Å². The minimum absolute atomic E-state index is 0.109. The van der Waals surface area contributed by atoms with Crippen LogP contribution in [0.25, 0.3) is 11.1 Å². The third kappa shape index (κ3) is 6.32. The van der Waals surface area contributed by atoms with Crippen LogP contribution < -0.4 is 5.32 Å². The maximum Gasteiger partial charge on any atom is 0.258 e. The number of hydrogen-bond acceptors (Lipinski definition) is 5. The first-order valence-electron chi connectivity index (χ1n) is 10.6. The summed E-state index contributed by atoms with van der Waals surface area (Å²) in [4.78, 5) is 12.6. The molecule has 2 aromatic carbocycles. The van der Waals surface area contributed by atoms with Crippen LogP contribution in [-0.2, 0) is 24.7 Å². The number of rotatable bonds is 7. The van der Waals surface area contributed by atoms with Crippen LogP contribution in [0.2, 0.25) is 0 Å². The Morgan fingerprint density at radius 2 is 1.74 bits per heavy atom. The zero-order chi connectivity index (χ0) is 25.1. The zero-order valence-corrected chi connectivity index (χ0v) is 22.0. The molecule has 1 atom stereocenters. The molecule has 0 saturated carbocycles. The van der Waals surface area contributed by atoms with Gasteiger partial charge in [-0.15, -0.1) is 0 Å². The molecule has 0 spiro atoms. The monoisotopic (exact) mass is 572 g/mol. The Morgan fingerprint density at radius 3 is 2.32 bits per heavy atom. The summed E-state index contributed by atoms with van der Waals surface area (Å²) >= 11 is 3.39. The average Bonchev–Trinajstić information content (AvgIpc) is 2.78. The summed E-state index contributed by atoms with van der Waals surface area (Å²) in [5.74, 6) is -0.885. The molecular formula is C23H26BrFN2O5S2. The molecule has 3 rings (SSSR count). The number of sulfonamides is 1. The summed E-state index contributed by atoms with van der Waals surface area (Å²) in [5, 5.41) is 3.39. The van der Waals surface area contributed by atoms with Crippen LogP contribution in [-0.4, -0.2) is 58.1 Å². The number of sulfone groups is 1. The Balaban J connectivity index is 1.76. The van der Waals surface area contributed by atoms with Gasteiger partial charge in [-0.2, -0.15) is 4.31 Å². The summed E-state index contributed by atoms with van der Waals surface area (Å²) in [6.07, 6.45) is 1.66. The van der Waals surface area contributed by atoms with Gasteiger partial charge in [0.1, 0.15) is 0 Å².